The fraction of sp³-hybridized carbons (Fsp3) is 0.647. The summed E-state index contributed by atoms with van der Waals surface area (Å²) in [6.45, 7) is 4.45. The van der Waals surface area contributed by atoms with E-state index in [1.165, 1.54) is 57.8 Å². The van der Waals surface area contributed by atoms with Gasteiger partial charge in [-0.15, -0.1) is 0 Å². The van der Waals surface area contributed by atoms with Gasteiger partial charge in [-0.2, -0.15) is 0 Å². The number of ether oxygens (including phenoxy) is 4. The van der Waals surface area contributed by atoms with E-state index in [-0.39, 0.29) is 25.7 Å². The smallest absolute Gasteiger partial charge is 0.462 e. The van der Waals surface area contributed by atoms with Gasteiger partial charge >= 0.3 is 39.5 Å². The maximum Gasteiger partial charge on any atom is 0.472 e. The predicted octanol–water partition coefficient (Wildman–Crippen LogP) is 23.2. The molecule has 0 radical (unpaired) electrons. The molecular formula is C85H140O17P2. The lowest BCUT2D eigenvalue weighted by atomic mass is 10.1. The van der Waals surface area contributed by atoms with Gasteiger partial charge in [-0.25, -0.2) is 9.13 Å². The quantitative estimate of drug-likeness (QED) is 0.0169. The minimum absolute atomic E-state index is 0.0294. The van der Waals surface area contributed by atoms with Crippen LogP contribution in [0.25, 0.3) is 0 Å². The Morgan fingerprint density at radius 1 is 0.279 bits per heavy atom. The molecule has 0 saturated heterocycles. The molecule has 5 unspecified atom stereocenters. The SMILES string of the molecule is CC/C=C\C/C=C\C/C=C\C/C=C\C/C=C\C/C=C\CCC(=O)OCC(COP(=O)(O)OCC(O)COP(=O)(O)OCC(COC(=O)CCCC/C=C\C/C=C\C/C=C\C/C=C\CC)OC(=O)CCCCCCC/C=C\C/C=C\CCCCC)OC(=O)CCCCCCC/C=C\CCCCCCCC. The van der Waals surface area contributed by atoms with E-state index in [2.05, 4.69) is 167 Å². The van der Waals surface area contributed by atoms with Crippen molar-refractivity contribution in [3.63, 3.8) is 0 Å². The molecule has 0 aliphatic heterocycles. The average Bonchev–Trinajstić information content (AvgIpc) is 0.918. The molecule has 0 aromatic heterocycles. The van der Waals surface area contributed by atoms with Crippen LogP contribution in [0.15, 0.2) is 158 Å². The number of carbonyl (C=O) groups excluding carboxylic acids is 4. The molecule has 3 N–H and O–H groups in total. The number of phosphoric acid groups is 2. The van der Waals surface area contributed by atoms with Gasteiger partial charge in [0, 0.05) is 25.7 Å². The second kappa shape index (κ2) is 75.9. The van der Waals surface area contributed by atoms with E-state index < -0.39 is 97.5 Å². The molecule has 104 heavy (non-hydrogen) atoms. The number of aliphatic hydroxyl groups excluding tert-OH is 1. The molecule has 0 saturated carbocycles. The summed E-state index contributed by atoms with van der Waals surface area (Å²) in [5.74, 6) is -2.35. The van der Waals surface area contributed by atoms with Crippen molar-refractivity contribution in [2.24, 2.45) is 0 Å². The number of unbranched alkanes of at least 4 members (excludes halogenated alkanes) is 21. The molecule has 0 rings (SSSR count). The second-order valence-electron chi connectivity index (χ2n) is 25.9. The summed E-state index contributed by atoms with van der Waals surface area (Å²) in [5.41, 5.74) is 0. The number of esters is 4. The summed E-state index contributed by atoms with van der Waals surface area (Å²) in [6, 6.07) is 0. The van der Waals surface area contributed by atoms with Gasteiger partial charge in [0.1, 0.15) is 19.3 Å². The first-order chi connectivity index (χ1) is 50.7. The summed E-state index contributed by atoms with van der Waals surface area (Å²) in [6.07, 6.45) is 88.1. The second-order valence-corrected chi connectivity index (χ2v) is 28.8. The van der Waals surface area contributed by atoms with Crippen molar-refractivity contribution < 1.29 is 80.2 Å². The zero-order valence-corrected chi connectivity index (χ0v) is 66.4. The van der Waals surface area contributed by atoms with Gasteiger partial charge in [0.15, 0.2) is 12.2 Å². The van der Waals surface area contributed by atoms with E-state index in [0.29, 0.717) is 32.1 Å². The monoisotopic (exact) mass is 1490 g/mol. The Morgan fingerprint density at radius 2 is 0.519 bits per heavy atom. The van der Waals surface area contributed by atoms with Crippen LogP contribution in [-0.2, 0) is 65.4 Å². The first-order valence-electron chi connectivity index (χ1n) is 39.7. The Balaban J connectivity index is 5.49. The summed E-state index contributed by atoms with van der Waals surface area (Å²) in [5, 5.41) is 10.6. The van der Waals surface area contributed by atoms with Crippen LogP contribution in [0.4, 0.5) is 0 Å². The van der Waals surface area contributed by atoms with Gasteiger partial charge in [0.2, 0.25) is 0 Å². The highest BCUT2D eigenvalue weighted by molar-refractivity contribution is 7.47. The Labute approximate surface area is 629 Å². The van der Waals surface area contributed by atoms with E-state index >= 15 is 0 Å². The van der Waals surface area contributed by atoms with Gasteiger partial charge in [-0.05, 0) is 161 Å². The molecule has 0 aliphatic rings. The van der Waals surface area contributed by atoms with Gasteiger partial charge in [-0.3, -0.25) is 37.3 Å². The third-order valence-corrected chi connectivity index (χ3v) is 17.9. The number of hydrogen-bond acceptors (Lipinski definition) is 15. The summed E-state index contributed by atoms with van der Waals surface area (Å²) in [7, 11) is -10.0. The lowest BCUT2D eigenvalue weighted by molar-refractivity contribution is -0.161. The Hall–Kier alpha value is -5.32. The van der Waals surface area contributed by atoms with Gasteiger partial charge < -0.3 is 33.8 Å². The van der Waals surface area contributed by atoms with E-state index in [9.17, 15) is 43.2 Å². The molecule has 19 heteroatoms. The molecule has 592 valence electrons. The molecule has 17 nitrogen and oxygen atoms in total. The molecule has 0 bridgehead atoms. The lowest BCUT2D eigenvalue weighted by Crippen LogP contribution is -2.30. The third kappa shape index (κ3) is 74.9. The van der Waals surface area contributed by atoms with Crippen LogP contribution in [-0.4, -0.2) is 96.7 Å². The first kappa shape index (κ1) is 98.7. The van der Waals surface area contributed by atoms with Gasteiger partial charge in [0.25, 0.3) is 0 Å². The van der Waals surface area contributed by atoms with Crippen molar-refractivity contribution in [3.8, 4) is 0 Å². The molecule has 5 atom stereocenters. The Bertz CT molecular complexity index is 2590. The summed E-state index contributed by atoms with van der Waals surface area (Å²) in [4.78, 5) is 73.0. The predicted molar refractivity (Wildman–Crippen MR) is 427 cm³/mol. The van der Waals surface area contributed by atoms with E-state index in [4.69, 9.17) is 37.0 Å². The highest BCUT2D eigenvalue weighted by Gasteiger charge is 2.30. The zero-order chi connectivity index (χ0) is 76.0. The molecule has 0 aromatic rings. The van der Waals surface area contributed by atoms with E-state index in [0.717, 1.165) is 154 Å². The van der Waals surface area contributed by atoms with Crippen molar-refractivity contribution >= 4 is 39.5 Å². The van der Waals surface area contributed by atoms with Crippen LogP contribution in [0.3, 0.4) is 0 Å². The van der Waals surface area contributed by atoms with E-state index in [1.807, 2.05) is 18.2 Å². The molecule has 0 amide bonds. The standard InChI is InChI=1S/C85H140O17P2/c1-5-9-13-17-21-25-29-33-37-38-39-40-44-46-50-54-58-62-66-70-83(88)96-76-81(102-85(90)72-68-64-60-56-52-48-43-36-32-28-24-20-16-12-8-4)78-100-104(93,94)98-74-79(86)73-97-103(91,92)99-77-80(101-84(89)71-67-63-59-55-51-47-42-35-31-27-23-19-15-11-7-3)75-95-82(87)69-65-61-57-53-49-45-41-34-30-26-22-18-14-10-6-2/h9-10,13-14,21-23,25-27,33-37,39-43,46,49-50,53,58,62,79-81,86H,5-8,11-12,15-20,24,28-32,38,44-45,47-48,51-52,54-57,59-61,63-78H2,1-4H3,(H,91,92)(H,93,94)/b13-9-,14-10-,25-21-,26-22-,27-23-,37-33-,40-39-,41-34-,42-35-,43-36-,50-46-,53-49-,62-58-. The van der Waals surface area contributed by atoms with Gasteiger partial charge in [0.05, 0.1) is 26.4 Å². The van der Waals surface area contributed by atoms with Crippen molar-refractivity contribution in [2.45, 2.75) is 316 Å². The van der Waals surface area contributed by atoms with Crippen molar-refractivity contribution in [1.29, 1.82) is 0 Å². The maximum atomic E-state index is 13.1. The van der Waals surface area contributed by atoms with Crippen molar-refractivity contribution in [3.05, 3.63) is 158 Å². The number of phosphoric ester groups is 2. The number of hydrogen-bond donors (Lipinski definition) is 3. The summed E-state index contributed by atoms with van der Waals surface area (Å²) < 4.78 is 68.5. The largest absolute Gasteiger partial charge is 0.472 e. The number of carbonyl (C=O) groups is 4. The van der Waals surface area contributed by atoms with Crippen molar-refractivity contribution in [2.75, 3.05) is 39.6 Å². The topological polar surface area (TPSA) is 237 Å². The highest BCUT2D eigenvalue weighted by Crippen LogP contribution is 2.45. The lowest BCUT2D eigenvalue weighted by Gasteiger charge is -2.21. The van der Waals surface area contributed by atoms with Crippen LogP contribution in [0.1, 0.15) is 297 Å². The minimum Gasteiger partial charge on any atom is -0.462 e. The fourth-order valence-corrected chi connectivity index (χ4v) is 11.5. The first-order valence-corrected chi connectivity index (χ1v) is 42.7. The maximum absolute atomic E-state index is 13.1. The van der Waals surface area contributed by atoms with Crippen LogP contribution < -0.4 is 0 Å². The average molecular weight is 1500 g/mol. The van der Waals surface area contributed by atoms with Crippen molar-refractivity contribution in [1.82, 2.24) is 0 Å². The summed E-state index contributed by atoms with van der Waals surface area (Å²) >= 11 is 0. The fourth-order valence-electron chi connectivity index (χ4n) is 9.97. The van der Waals surface area contributed by atoms with Crippen LogP contribution >= 0.6 is 15.6 Å². The molecule has 0 aromatic carbocycles. The van der Waals surface area contributed by atoms with Gasteiger partial charge in [-0.1, -0.05) is 269 Å². The Morgan fingerprint density at radius 3 is 0.875 bits per heavy atom. The number of allylic oxidation sites excluding steroid dienone is 26. The Kier molecular flexibility index (Phi) is 72.0. The number of aliphatic hydroxyl groups is 1. The third-order valence-electron chi connectivity index (χ3n) is 16.0. The molecule has 0 fully saturated rings. The molecule has 0 spiro atoms. The van der Waals surface area contributed by atoms with Crippen LogP contribution in [0.5, 0.6) is 0 Å². The van der Waals surface area contributed by atoms with Crippen LogP contribution in [0.2, 0.25) is 0 Å². The minimum atomic E-state index is -5.00. The zero-order valence-electron chi connectivity index (χ0n) is 64.6. The molecular weight excluding hydrogens is 1350 g/mol. The molecule has 0 aliphatic carbocycles. The molecule has 0 heterocycles. The van der Waals surface area contributed by atoms with Crippen LogP contribution in [0, 0.1) is 0 Å². The van der Waals surface area contributed by atoms with E-state index in [1.54, 1.807) is 0 Å². The highest BCUT2D eigenvalue weighted by atomic mass is 31.2. The number of rotatable bonds is 73. The normalized spacial score (nSPS) is 14.7.